The molecule has 0 radical (unpaired) electrons. The van der Waals surface area contributed by atoms with Crippen LogP contribution in [0, 0.1) is 0 Å². The Hall–Kier alpha value is -2.00. The van der Waals surface area contributed by atoms with Gasteiger partial charge in [-0.15, -0.1) is 11.3 Å². The van der Waals surface area contributed by atoms with Gasteiger partial charge in [-0.25, -0.2) is 14.5 Å². The highest BCUT2D eigenvalue weighted by atomic mass is 32.1. The molecule has 2 fully saturated rings. The molecule has 1 spiro atoms. The largest absolute Gasteiger partial charge is 0.422 e. The van der Waals surface area contributed by atoms with E-state index in [9.17, 15) is 14.7 Å². The van der Waals surface area contributed by atoms with Crippen LogP contribution in [0.2, 0.25) is 0 Å². The van der Waals surface area contributed by atoms with Crippen molar-refractivity contribution in [2.24, 2.45) is 0 Å². The Morgan fingerprint density at radius 3 is 2.81 bits per heavy atom. The minimum atomic E-state index is -1.68. The van der Waals surface area contributed by atoms with Crippen LogP contribution in [0.25, 0.3) is 10.1 Å². The number of hydrogen-bond acceptors (Lipinski definition) is 8. The summed E-state index contributed by atoms with van der Waals surface area (Å²) in [5.74, 6) is -3.82. The summed E-state index contributed by atoms with van der Waals surface area (Å²) < 4.78 is 17.0. The first-order valence-corrected chi connectivity index (χ1v) is 9.40. The lowest BCUT2D eigenvalue weighted by molar-refractivity contribution is -0.269. The molecule has 1 unspecified atom stereocenters. The number of thiophene rings is 1. The van der Waals surface area contributed by atoms with Gasteiger partial charge in [-0.05, 0) is 35.2 Å². The smallest absolute Gasteiger partial charge is 0.397 e. The molecule has 2 aromatic rings. The van der Waals surface area contributed by atoms with Crippen LogP contribution in [-0.4, -0.2) is 60.3 Å². The molecule has 0 bridgehead atoms. The fourth-order valence-electron chi connectivity index (χ4n) is 3.42. The maximum Gasteiger partial charge on any atom is 0.422 e. The van der Waals surface area contributed by atoms with Gasteiger partial charge in [0.1, 0.15) is 6.10 Å². The molecule has 0 amide bonds. The molecule has 1 atom stereocenters. The predicted octanol–water partition coefficient (Wildman–Crippen LogP) is 1.28. The van der Waals surface area contributed by atoms with Gasteiger partial charge in [-0.1, -0.05) is 18.2 Å². The lowest BCUT2D eigenvalue weighted by Crippen LogP contribution is -2.52. The number of fused-ring (bicyclic) bond motifs is 1. The van der Waals surface area contributed by atoms with Crippen LogP contribution in [-0.2, 0) is 30.2 Å². The maximum absolute atomic E-state index is 11.4. The number of carbonyl (C=O) groups is 2. The van der Waals surface area contributed by atoms with Crippen molar-refractivity contribution in [3.8, 4) is 0 Å². The Kier molecular flexibility index (Phi) is 4.66. The van der Waals surface area contributed by atoms with Gasteiger partial charge in [0.05, 0.1) is 13.2 Å². The normalized spacial score (nSPS) is 22.3. The van der Waals surface area contributed by atoms with E-state index in [1.807, 2.05) is 12.1 Å². The van der Waals surface area contributed by atoms with E-state index in [1.54, 1.807) is 16.2 Å². The lowest BCUT2D eigenvalue weighted by atomic mass is 10.1. The van der Waals surface area contributed by atoms with Gasteiger partial charge in [0.25, 0.3) is 0 Å². The Morgan fingerprint density at radius 2 is 2.00 bits per heavy atom. The topological polar surface area (TPSA) is 85.3 Å². The molecule has 1 aromatic heterocycles. The van der Waals surface area contributed by atoms with E-state index in [2.05, 4.69) is 17.5 Å². The molecule has 1 N–H and O–H groups in total. The molecular weight excluding hydrogens is 358 g/mol. The van der Waals surface area contributed by atoms with Crippen LogP contribution < -0.4 is 0 Å². The van der Waals surface area contributed by atoms with Crippen molar-refractivity contribution in [2.45, 2.75) is 24.9 Å². The second-order valence-corrected chi connectivity index (χ2v) is 7.23. The Labute approximate surface area is 154 Å². The zero-order valence-electron chi connectivity index (χ0n) is 14.1. The van der Waals surface area contributed by atoms with E-state index in [0.717, 1.165) is 6.42 Å². The van der Waals surface area contributed by atoms with Gasteiger partial charge in [-0.3, -0.25) is 0 Å². The first-order valence-electron chi connectivity index (χ1n) is 8.52. The summed E-state index contributed by atoms with van der Waals surface area (Å²) >= 11 is 1.72. The van der Waals surface area contributed by atoms with E-state index in [-0.39, 0.29) is 0 Å². The molecule has 4 rings (SSSR count). The monoisotopic (exact) mass is 377 g/mol. The minimum Gasteiger partial charge on any atom is -0.397 e. The van der Waals surface area contributed by atoms with Crippen molar-refractivity contribution in [3.63, 3.8) is 0 Å². The quantitative estimate of drug-likeness (QED) is 0.461. The van der Waals surface area contributed by atoms with Crippen molar-refractivity contribution in [3.05, 3.63) is 35.2 Å². The molecule has 1 aromatic carbocycles. The summed E-state index contributed by atoms with van der Waals surface area (Å²) in [4.78, 5) is 24.4. The van der Waals surface area contributed by atoms with E-state index in [0.29, 0.717) is 32.7 Å². The Bertz CT molecular complexity index is 818. The fourth-order valence-corrected chi connectivity index (χ4v) is 4.41. The van der Waals surface area contributed by atoms with Gasteiger partial charge in [0.15, 0.2) is 0 Å². The van der Waals surface area contributed by atoms with E-state index >= 15 is 0 Å². The third-order valence-electron chi connectivity index (χ3n) is 4.76. The summed E-state index contributed by atoms with van der Waals surface area (Å²) in [5.41, 5.74) is 1.26. The first-order chi connectivity index (χ1) is 12.6. The average Bonchev–Trinajstić information content (AvgIpc) is 3.27. The van der Waals surface area contributed by atoms with Crippen molar-refractivity contribution in [2.75, 3.05) is 26.3 Å². The number of nitrogens with zero attached hydrogens (tertiary/aromatic N) is 1. The van der Waals surface area contributed by atoms with Gasteiger partial charge in [0, 0.05) is 17.8 Å². The van der Waals surface area contributed by atoms with Crippen LogP contribution in [0.4, 0.5) is 0 Å². The summed E-state index contributed by atoms with van der Waals surface area (Å²) in [6, 6.07) is 8.27. The van der Waals surface area contributed by atoms with Gasteiger partial charge < -0.3 is 19.3 Å². The van der Waals surface area contributed by atoms with Gasteiger partial charge >= 0.3 is 17.8 Å². The number of hydrogen-bond donors (Lipinski definition) is 1. The second-order valence-electron chi connectivity index (χ2n) is 6.32. The number of likely N-dealkylation sites (tertiary alicyclic amines) is 1. The third kappa shape index (κ3) is 2.99. The molecule has 8 heteroatoms. The van der Waals surface area contributed by atoms with Crippen LogP contribution in [0.5, 0.6) is 0 Å². The van der Waals surface area contributed by atoms with Crippen molar-refractivity contribution in [1.82, 2.24) is 4.90 Å². The SMILES string of the molecule is O=C1OC2(OC1=O)C(O)CCN2CCOCCc1csc2ccccc12. The summed E-state index contributed by atoms with van der Waals surface area (Å²) in [7, 11) is 0. The highest BCUT2D eigenvalue weighted by Gasteiger charge is 2.61. The summed E-state index contributed by atoms with van der Waals surface area (Å²) in [6.45, 7) is 1.79. The Balaban J connectivity index is 1.28. The molecule has 2 aliphatic rings. The molecule has 7 nitrogen and oxygen atoms in total. The van der Waals surface area contributed by atoms with Gasteiger partial charge in [-0.2, -0.15) is 0 Å². The number of aliphatic hydroxyl groups is 1. The molecule has 0 saturated carbocycles. The van der Waals surface area contributed by atoms with Crippen LogP contribution in [0.3, 0.4) is 0 Å². The Morgan fingerprint density at radius 1 is 1.23 bits per heavy atom. The van der Waals surface area contributed by atoms with Crippen LogP contribution in [0.1, 0.15) is 12.0 Å². The van der Waals surface area contributed by atoms with E-state index in [4.69, 9.17) is 14.2 Å². The number of carbonyl (C=O) groups excluding carboxylic acids is 2. The van der Waals surface area contributed by atoms with Crippen molar-refractivity contribution >= 4 is 33.4 Å². The fraction of sp³-hybridized carbons (Fsp3) is 0.444. The zero-order chi connectivity index (χ0) is 18.1. The third-order valence-corrected chi connectivity index (χ3v) is 5.77. The minimum absolute atomic E-state index is 0.363. The number of rotatable bonds is 6. The number of aliphatic hydroxyl groups excluding tert-OH is 1. The molecule has 3 heterocycles. The van der Waals surface area contributed by atoms with Crippen LogP contribution in [0.15, 0.2) is 29.6 Å². The summed E-state index contributed by atoms with van der Waals surface area (Å²) in [6.07, 6.45) is 0.124. The first kappa shape index (κ1) is 17.4. The zero-order valence-corrected chi connectivity index (χ0v) is 14.9. The average molecular weight is 377 g/mol. The maximum atomic E-state index is 11.4. The molecule has 26 heavy (non-hydrogen) atoms. The van der Waals surface area contributed by atoms with E-state index in [1.165, 1.54) is 15.6 Å². The molecule has 138 valence electrons. The number of esters is 2. The van der Waals surface area contributed by atoms with Crippen molar-refractivity contribution < 1.29 is 28.9 Å². The second kappa shape index (κ2) is 6.96. The van der Waals surface area contributed by atoms with Gasteiger partial charge in [0.2, 0.25) is 0 Å². The molecular formula is C18H19NO6S. The molecule has 2 aliphatic heterocycles. The van der Waals surface area contributed by atoms with E-state index < -0.39 is 24.0 Å². The highest BCUT2D eigenvalue weighted by molar-refractivity contribution is 7.17. The number of ether oxygens (including phenoxy) is 3. The summed E-state index contributed by atoms with van der Waals surface area (Å²) in [5, 5.41) is 13.5. The van der Waals surface area contributed by atoms with Crippen molar-refractivity contribution in [1.29, 1.82) is 0 Å². The molecule has 0 aliphatic carbocycles. The molecule has 2 saturated heterocycles. The lowest BCUT2D eigenvalue weighted by Gasteiger charge is -2.32. The number of benzene rings is 1. The highest BCUT2D eigenvalue weighted by Crippen LogP contribution is 2.36. The standard InChI is InChI=1S/C18H19NO6S/c20-15-5-7-19(18(15)24-16(21)17(22)25-18)8-10-23-9-6-12-11-26-14-4-2-1-3-13(12)14/h1-4,11,15,20H,5-10H2. The van der Waals surface area contributed by atoms with Crippen LogP contribution >= 0.6 is 11.3 Å². The predicted molar refractivity (Wildman–Crippen MR) is 93.5 cm³/mol.